The summed E-state index contributed by atoms with van der Waals surface area (Å²) in [7, 11) is 0. The second-order valence-electron chi connectivity index (χ2n) is 4.64. The molecule has 0 heterocycles. The fourth-order valence-corrected chi connectivity index (χ4v) is 3.25. The van der Waals surface area contributed by atoms with E-state index in [2.05, 4.69) is 26.0 Å². The summed E-state index contributed by atoms with van der Waals surface area (Å²) in [6, 6.07) is 4.61. The van der Waals surface area contributed by atoms with Crippen molar-refractivity contribution in [1.29, 1.82) is 10.5 Å². The van der Waals surface area contributed by atoms with Crippen LogP contribution in [0.5, 0.6) is 0 Å². The Morgan fingerprint density at radius 2 is 1.80 bits per heavy atom. The highest BCUT2D eigenvalue weighted by atomic mass is 14.6. The molecule has 0 fully saturated rings. The SMILES string of the molecule is CC[C@@]12CC=C(C#N)[C@]1(C)CC=C2C#N. The molecule has 0 saturated carbocycles. The summed E-state index contributed by atoms with van der Waals surface area (Å²) in [5.41, 5.74) is 1.54. The average Bonchev–Trinajstić information content (AvgIpc) is 2.68. The first-order valence-corrected chi connectivity index (χ1v) is 5.36. The van der Waals surface area contributed by atoms with Gasteiger partial charge in [0.05, 0.1) is 12.1 Å². The molecule has 0 unspecified atom stereocenters. The van der Waals surface area contributed by atoms with E-state index in [1.807, 2.05) is 12.2 Å². The molecule has 0 amide bonds. The molecule has 0 N–H and O–H groups in total. The third-order valence-electron chi connectivity index (χ3n) is 4.38. The third-order valence-corrected chi connectivity index (χ3v) is 4.38. The van der Waals surface area contributed by atoms with Crippen molar-refractivity contribution in [2.24, 2.45) is 10.8 Å². The summed E-state index contributed by atoms with van der Waals surface area (Å²) in [5.74, 6) is 0. The van der Waals surface area contributed by atoms with Gasteiger partial charge in [-0.1, -0.05) is 26.0 Å². The fraction of sp³-hybridized carbons (Fsp3) is 0.538. The van der Waals surface area contributed by atoms with Crippen molar-refractivity contribution in [1.82, 2.24) is 0 Å². The number of rotatable bonds is 1. The largest absolute Gasteiger partial charge is 0.193 e. The van der Waals surface area contributed by atoms with Gasteiger partial charge in [0.2, 0.25) is 0 Å². The molecule has 15 heavy (non-hydrogen) atoms. The molecular formula is C13H14N2. The van der Waals surface area contributed by atoms with Gasteiger partial charge in [-0.2, -0.15) is 10.5 Å². The van der Waals surface area contributed by atoms with Crippen LogP contribution in [0.1, 0.15) is 33.1 Å². The smallest absolute Gasteiger partial charge is 0.0950 e. The maximum atomic E-state index is 9.16. The Bertz CT molecular complexity index is 444. The maximum Gasteiger partial charge on any atom is 0.0950 e. The van der Waals surface area contributed by atoms with Gasteiger partial charge in [-0.25, -0.2) is 0 Å². The second-order valence-corrected chi connectivity index (χ2v) is 4.64. The molecule has 0 aliphatic heterocycles. The van der Waals surface area contributed by atoms with Crippen molar-refractivity contribution in [3.05, 3.63) is 23.3 Å². The minimum absolute atomic E-state index is 0.0905. The molecule has 2 aliphatic carbocycles. The summed E-state index contributed by atoms with van der Waals surface area (Å²) in [6.07, 6.45) is 6.66. The van der Waals surface area contributed by atoms with Crippen molar-refractivity contribution in [3.63, 3.8) is 0 Å². The summed E-state index contributed by atoms with van der Waals surface area (Å²) in [4.78, 5) is 0. The summed E-state index contributed by atoms with van der Waals surface area (Å²) >= 11 is 0. The highest BCUT2D eigenvalue weighted by molar-refractivity contribution is 5.50. The number of nitriles is 2. The molecule has 76 valence electrons. The van der Waals surface area contributed by atoms with Crippen LogP contribution in [0.4, 0.5) is 0 Å². The zero-order chi connectivity index (χ0) is 11.1. The van der Waals surface area contributed by atoms with E-state index >= 15 is 0 Å². The van der Waals surface area contributed by atoms with Gasteiger partial charge in [-0.05, 0) is 19.3 Å². The zero-order valence-corrected chi connectivity index (χ0v) is 9.17. The highest BCUT2D eigenvalue weighted by Crippen LogP contribution is 2.64. The molecule has 2 atom stereocenters. The summed E-state index contributed by atoms with van der Waals surface area (Å²) in [6.45, 7) is 4.24. The van der Waals surface area contributed by atoms with Crippen LogP contribution in [0.15, 0.2) is 23.3 Å². The summed E-state index contributed by atoms with van der Waals surface area (Å²) in [5, 5.41) is 18.3. The van der Waals surface area contributed by atoms with E-state index in [4.69, 9.17) is 10.5 Å². The van der Waals surface area contributed by atoms with Crippen LogP contribution in [0.25, 0.3) is 0 Å². The van der Waals surface area contributed by atoms with Crippen LogP contribution in [-0.2, 0) is 0 Å². The maximum absolute atomic E-state index is 9.16. The van der Waals surface area contributed by atoms with Gasteiger partial charge in [-0.3, -0.25) is 0 Å². The molecule has 0 aromatic heterocycles. The van der Waals surface area contributed by atoms with Gasteiger partial charge in [0, 0.05) is 22.0 Å². The van der Waals surface area contributed by atoms with Gasteiger partial charge in [0.25, 0.3) is 0 Å². The van der Waals surface area contributed by atoms with Crippen LogP contribution in [-0.4, -0.2) is 0 Å². The van der Waals surface area contributed by atoms with Crippen molar-refractivity contribution in [2.75, 3.05) is 0 Å². The monoisotopic (exact) mass is 198 g/mol. The van der Waals surface area contributed by atoms with E-state index < -0.39 is 0 Å². The molecule has 2 rings (SSSR count). The third kappa shape index (κ3) is 0.922. The number of allylic oxidation sites excluding steroid dienone is 4. The molecule has 2 heteroatoms. The number of fused-ring (bicyclic) bond motifs is 1. The molecule has 0 aromatic rings. The molecule has 0 spiro atoms. The van der Waals surface area contributed by atoms with E-state index in [1.165, 1.54) is 0 Å². The predicted molar refractivity (Wildman–Crippen MR) is 57.5 cm³/mol. The second kappa shape index (κ2) is 2.97. The van der Waals surface area contributed by atoms with Crippen LogP contribution >= 0.6 is 0 Å². The molecule has 0 aromatic carbocycles. The molecular weight excluding hydrogens is 184 g/mol. The Morgan fingerprint density at radius 1 is 1.20 bits per heavy atom. The van der Waals surface area contributed by atoms with Gasteiger partial charge >= 0.3 is 0 Å². The molecule has 2 aliphatic rings. The standard InChI is InChI=1S/C13H14N2/c1-3-13-7-5-10(8-14)12(13,2)6-4-11(13)9-15/h4-5H,3,6-7H2,1-2H3/t12-,13-/m0/s1. The Hall–Kier alpha value is -1.54. The van der Waals surface area contributed by atoms with E-state index in [1.54, 1.807) is 0 Å². The molecule has 2 nitrogen and oxygen atoms in total. The lowest BCUT2D eigenvalue weighted by molar-refractivity contribution is 0.181. The Morgan fingerprint density at radius 3 is 2.33 bits per heavy atom. The van der Waals surface area contributed by atoms with Gasteiger partial charge < -0.3 is 0 Å². The highest BCUT2D eigenvalue weighted by Gasteiger charge is 2.57. The van der Waals surface area contributed by atoms with Crippen LogP contribution in [0.3, 0.4) is 0 Å². The van der Waals surface area contributed by atoms with E-state index in [0.29, 0.717) is 0 Å². The Kier molecular flexibility index (Phi) is 1.98. The predicted octanol–water partition coefficient (Wildman–Crippen LogP) is 3.10. The van der Waals surface area contributed by atoms with Crippen molar-refractivity contribution < 1.29 is 0 Å². The summed E-state index contributed by atoms with van der Waals surface area (Å²) < 4.78 is 0. The first-order chi connectivity index (χ1) is 7.14. The number of hydrogen-bond donors (Lipinski definition) is 0. The van der Waals surface area contributed by atoms with Crippen molar-refractivity contribution >= 4 is 0 Å². The molecule has 0 bridgehead atoms. The number of hydrogen-bond acceptors (Lipinski definition) is 2. The van der Waals surface area contributed by atoms with Gasteiger partial charge in [0.15, 0.2) is 0 Å². The first-order valence-electron chi connectivity index (χ1n) is 5.36. The normalized spacial score (nSPS) is 37.6. The van der Waals surface area contributed by atoms with Crippen molar-refractivity contribution in [3.8, 4) is 12.1 Å². The van der Waals surface area contributed by atoms with Gasteiger partial charge in [-0.15, -0.1) is 0 Å². The van der Waals surface area contributed by atoms with Gasteiger partial charge in [0.1, 0.15) is 0 Å². The topological polar surface area (TPSA) is 47.6 Å². The lowest BCUT2D eigenvalue weighted by Crippen LogP contribution is -2.34. The lowest BCUT2D eigenvalue weighted by Gasteiger charge is -2.39. The van der Waals surface area contributed by atoms with E-state index in [0.717, 1.165) is 30.4 Å². The minimum Gasteiger partial charge on any atom is -0.193 e. The molecule has 0 radical (unpaired) electrons. The van der Waals surface area contributed by atoms with Crippen molar-refractivity contribution in [2.45, 2.75) is 33.1 Å². The quantitative estimate of drug-likeness (QED) is 0.650. The zero-order valence-electron chi connectivity index (χ0n) is 9.17. The fourth-order valence-electron chi connectivity index (χ4n) is 3.25. The Labute approximate surface area is 90.5 Å². The van der Waals surface area contributed by atoms with E-state index in [9.17, 15) is 0 Å². The Balaban J connectivity index is 2.53. The first kappa shape index (κ1) is 9.99. The number of nitrogens with zero attached hydrogens (tertiary/aromatic N) is 2. The molecule has 0 saturated heterocycles. The average molecular weight is 198 g/mol. The van der Waals surface area contributed by atoms with E-state index in [-0.39, 0.29) is 10.8 Å². The van der Waals surface area contributed by atoms with Crippen LogP contribution in [0, 0.1) is 33.5 Å². The lowest BCUT2D eigenvalue weighted by atomic mass is 9.62. The van der Waals surface area contributed by atoms with Crippen LogP contribution in [0.2, 0.25) is 0 Å². The minimum atomic E-state index is -0.123. The van der Waals surface area contributed by atoms with Crippen LogP contribution < -0.4 is 0 Å².